The lowest BCUT2D eigenvalue weighted by Gasteiger charge is -2.30. The van der Waals surface area contributed by atoms with Gasteiger partial charge in [-0.3, -0.25) is 8.99 Å². The smallest absolute Gasteiger partial charge is 0.269 e. The Morgan fingerprint density at radius 2 is 1.93 bits per heavy atom. The summed E-state index contributed by atoms with van der Waals surface area (Å²) in [5, 5.41) is 4.62. The topological polar surface area (TPSA) is 64.4 Å². The minimum Gasteiger partial charge on any atom is -0.489 e. The monoisotopic (exact) mass is 437 g/mol. The van der Waals surface area contributed by atoms with E-state index in [0.29, 0.717) is 23.0 Å². The van der Waals surface area contributed by atoms with E-state index >= 15 is 0 Å². The Balaban J connectivity index is 1.81. The van der Waals surface area contributed by atoms with Gasteiger partial charge in [-0.15, -0.1) is 0 Å². The van der Waals surface area contributed by atoms with Gasteiger partial charge in [0.25, 0.3) is 10.0 Å². The fourth-order valence-corrected chi connectivity index (χ4v) is 5.22. The van der Waals surface area contributed by atoms with Gasteiger partial charge in [0.15, 0.2) is 5.15 Å². The lowest BCUT2D eigenvalue weighted by atomic mass is 10.0. The number of hydrogen-bond acceptors (Lipinski definition) is 4. The minimum atomic E-state index is -3.89. The summed E-state index contributed by atoms with van der Waals surface area (Å²) in [6.45, 7) is 2.82. The van der Waals surface area contributed by atoms with Crippen molar-refractivity contribution < 1.29 is 13.2 Å². The van der Waals surface area contributed by atoms with E-state index in [-0.39, 0.29) is 23.2 Å². The molecule has 28 heavy (non-hydrogen) atoms. The van der Waals surface area contributed by atoms with Crippen LogP contribution in [0, 0.1) is 0 Å². The van der Waals surface area contributed by atoms with Crippen molar-refractivity contribution in [2.24, 2.45) is 0 Å². The van der Waals surface area contributed by atoms with Gasteiger partial charge in [-0.25, -0.2) is 8.42 Å². The van der Waals surface area contributed by atoms with Crippen LogP contribution in [0.25, 0.3) is 11.1 Å². The van der Waals surface area contributed by atoms with Crippen molar-refractivity contribution in [2.75, 3.05) is 17.5 Å². The van der Waals surface area contributed by atoms with Crippen molar-refractivity contribution in [3.8, 4) is 16.9 Å². The number of nitrogens with zero attached hydrogens (tertiary/aromatic N) is 3. The predicted molar refractivity (Wildman–Crippen MR) is 110 cm³/mol. The lowest BCUT2D eigenvalue weighted by molar-refractivity contribution is 0.316. The Kier molecular flexibility index (Phi) is 4.99. The first-order chi connectivity index (χ1) is 13.4. The van der Waals surface area contributed by atoms with E-state index in [9.17, 15) is 8.42 Å². The van der Waals surface area contributed by atoms with Crippen molar-refractivity contribution >= 4 is 38.9 Å². The normalized spacial score (nSPS) is 13.9. The predicted octanol–water partition coefficient (Wildman–Crippen LogP) is 4.46. The first-order valence-corrected chi connectivity index (χ1v) is 10.9. The Labute approximate surface area is 173 Å². The van der Waals surface area contributed by atoms with E-state index in [0.717, 1.165) is 11.1 Å². The van der Waals surface area contributed by atoms with Crippen LogP contribution in [0.3, 0.4) is 0 Å². The Hall–Kier alpha value is -2.22. The van der Waals surface area contributed by atoms with Gasteiger partial charge < -0.3 is 4.74 Å². The summed E-state index contributed by atoms with van der Waals surface area (Å²) >= 11 is 12.2. The highest BCUT2D eigenvalue weighted by Gasteiger charge is 2.33. The zero-order chi connectivity index (χ0) is 19.9. The number of aryl methyl sites for hydroxylation is 1. The van der Waals surface area contributed by atoms with Crippen LogP contribution in [0.15, 0.2) is 53.6 Å². The zero-order valence-electron chi connectivity index (χ0n) is 15.0. The van der Waals surface area contributed by atoms with Crippen molar-refractivity contribution in [3.63, 3.8) is 0 Å². The molecule has 0 N–H and O–H groups in total. The standard InChI is InChI=1S/C19H17Cl2N3O3S/c1-2-23-12-18(19(21)22-23)28(25,26)24-8-9-27-17-7-6-14(11-16(17)24)13-4-3-5-15(20)10-13/h3-7,10-12H,2,8-9H2,1H3. The van der Waals surface area contributed by atoms with Gasteiger partial charge in [0.05, 0.1) is 12.2 Å². The molecule has 0 spiro atoms. The van der Waals surface area contributed by atoms with Crippen LogP contribution in [0.4, 0.5) is 5.69 Å². The third-order valence-corrected chi connectivity index (χ3v) is 6.96. The van der Waals surface area contributed by atoms with Crippen LogP contribution in [-0.4, -0.2) is 31.3 Å². The minimum absolute atomic E-state index is 0.0166. The van der Waals surface area contributed by atoms with Crippen molar-refractivity contribution in [1.29, 1.82) is 0 Å². The number of halogens is 2. The molecule has 6 nitrogen and oxygen atoms in total. The maximum atomic E-state index is 13.3. The molecule has 1 aliphatic rings. The lowest BCUT2D eigenvalue weighted by Crippen LogP contribution is -2.38. The van der Waals surface area contributed by atoms with Crippen LogP contribution in [-0.2, 0) is 16.6 Å². The molecule has 0 aliphatic carbocycles. The molecule has 0 unspecified atom stereocenters. The van der Waals surface area contributed by atoms with Crippen molar-refractivity contribution in [2.45, 2.75) is 18.4 Å². The summed E-state index contributed by atoms with van der Waals surface area (Å²) in [7, 11) is -3.89. The molecule has 1 aliphatic heterocycles. The van der Waals surface area contributed by atoms with Gasteiger partial charge in [0.1, 0.15) is 17.3 Å². The average Bonchev–Trinajstić information content (AvgIpc) is 3.09. The third kappa shape index (κ3) is 3.34. The molecule has 0 saturated carbocycles. The SMILES string of the molecule is CCn1cc(S(=O)(=O)N2CCOc3ccc(-c4cccc(Cl)c4)cc32)c(Cl)n1. The van der Waals surface area contributed by atoms with Crippen LogP contribution >= 0.6 is 23.2 Å². The van der Waals surface area contributed by atoms with Crippen LogP contribution in [0.1, 0.15) is 6.92 Å². The number of fused-ring (bicyclic) bond motifs is 1. The number of benzene rings is 2. The van der Waals surface area contributed by atoms with Gasteiger partial charge in [0, 0.05) is 17.8 Å². The molecule has 0 atom stereocenters. The molecule has 0 saturated heterocycles. The Bertz CT molecular complexity index is 1150. The molecule has 0 fully saturated rings. The highest BCUT2D eigenvalue weighted by atomic mass is 35.5. The third-order valence-electron chi connectivity index (χ3n) is 4.52. The first-order valence-electron chi connectivity index (χ1n) is 8.68. The molecule has 1 aromatic heterocycles. The number of aromatic nitrogens is 2. The second-order valence-corrected chi connectivity index (χ2v) is 8.88. The Morgan fingerprint density at radius 3 is 2.64 bits per heavy atom. The van der Waals surface area contributed by atoms with Gasteiger partial charge in [0.2, 0.25) is 0 Å². The van der Waals surface area contributed by atoms with Gasteiger partial charge in [-0.2, -0.15) is 5.10 Å². The van der Waals surface area contributed by atoms with Gasteiger partial charge >= 0.3 is 0 Å². The molecular weight excluding hydrogens is 421 g/mol. The number of hydrogen-bond donors (Lipinski definition) is 0. The van der Waals surface area contributed by atoms with E-state index in [4.69, 9.17) is 27.9 Å². The number of rotatable bonds is 4. The molecule has 0 amide bonds. The van der Waals surface area contributed by atoms with E-state index in [2.05, 4.69) is 5.10 Å². The van der Waals surface area contributed by atoms with Crippen LogP contribution in [0.5, 0.6) is 5.75 Å². The zero-order valence-corrected chi connectivity index (χ0v) is 17.3. The molecule has 0 radical (unpaired) electrons. The summed E-state index contributed by atoms with van der Waals surface area (Å²) in [5.41, 5.74) is 2.18. The fraction of sp³-hybridized carbons (Fsp3) is 0.211. The first kappa shape index (κ1) is 19.1. The van der Waals surface area contributed by atoms with Crippen molar-refractivity contribution in [3.05, 3.63) is 58.8 Å². The maximum absolute atomic E-state index is 13.3. The quantitative estimate of drug-likeness (QED) is 0.603. The average molecular weight is 438 g/mol. The molecule has 9 heteroatoms. The molecule has 2 aromatic carbocycles. The van der Waals surface area contributed by atoms with Gasteiger partial charge in [-0.05, 0) is 42.3 Å². The Morgan fingerprint density at radius 1 is 1.14 bits per heavy atom. The second-order valence-electron chi connectivity index (χ2n) is 6.26. The van der Waals surface area contributed by atoms with E-state index in [1.165, 1.54) is 15.2 Å². The number of ether oxygens (including phenoxy) is 1. The highest BCUT2D eigenvalue weighted by molar-refractivity contribution is 7.93. The molecule has 0 bridgehead atoms. The maximum Gasteiger partial charge on any atom is 0.269 e. The molecule has 3 aromatic rings. The van der Waals surface area contributed by atoms with E-state index in [1.54, 1.807) is 18.2 Å². The van der Waals surface area contributed by atoms with Gasteiger partial charge in [-0.1, -0.05) is 41.4 Å². The summed E-state index contributed by atoms with van der Waals surface area (Å²) < 4.78 is 35.1. The largest absolute Gasteiger partial charge is 0.489 e. The molecule has 2 heterocycles. The van der Waals surface area contributed by atoms with Crippen LogP contribution in [0.2, 0.25) is 10.2 Å². The van der Waals surface area contributed by atoms with Crippen LogP contribution < -0.4 is 9.04 Å². The summed E-state index contributed by atoms with van der Waals surface area (Å²) in [4.78, 5) is -0.0166. The summed E-state index contributed by atoms with van der Waals surface area (Å²) in [6, 6.07) is 12.8. The fourth-order valence-electron chi connectivity index (χ4n) is 3.12. The molecule has 146 valence electrons. The number of anilines is 1. The second kappa shape index (κ2) is 7.31. The summed E-state index contributed by atoms with van der Waals surface area (Å²) in [6.07, 6.45) is 1.45. The van der Waals surface area contributed by atoms with E-state index < -0.39 is 10.0 Å². The number of sulfonamides is 1. The summed E-state index contributed by atoms with van der Waals surface area (Å²) in [5.74, 6) is 0.500. The van der Waals surface area contributed by atoms with Crippen molar-refractivity contribution in [1.82, 2.24) is 9.78 Å². The molecule has 4 rings (SSSR count). The highest BCUT2D eigenvalue weighted by Crippen LogP contribution is 2.39. The van der Waals surface area contributed by atoms with E-state index in [1.807, 2.05) is 31.2 Å². The molecular formula is C19H17Cl2N3O3S.